The molecule has 1 aliphatic rings. The molecule has 3 N–H and O–H groups in total. The van der Waals surface area contributed by atoms with Crippen molar-refractivity contribution in [1.82, 2.24) is 16.0 Å². The fourth-order valence-corrected chi connectivity index (χ4v) is 3.11. The lowest BCUT2D eigenvalue weighted by molar-refractivity contribution is -0.122. The van der Waals surface area contributed by atoms with Crippen LogP contribution in [0.3, 0.4) is 0 Å². The molecule has 0 aliphatic carbocycles. The van der Waals surface area contributed by atoms with Crippen molar-refractivity contribution in [2.24, 2.45) is 11.8 Å². The third-order valence-corrected chi connectivity index (χ3v) is 4.60. The molecule has 0 radical (unpaired) electrons. The van der Waals surface area contributed by atoms with Crippen LogP contribution in [-0.4, -0.2) is 32.0 Å². The van der Waals surface area contributed by atoms with Gasteiger partial charge in [0.05, 0.1) is 0 Å². The molecular weight excluding hydrogens is 326 g/mol. The van der Waals surface area contributed by atoms with Gasteiger partial charge >= 0.3 is 0 Å². The number of hydrogen-bond donors (Lipinski definition) is 3. The van der Waals surface area contributed by atoms with Gasteiger partial charge < -0.3 is 16.0 Å². The first-order valence-corrected chi connectivity index (χ1v) is 8.38. The Morgan fingerprint density at radius 2 is 2.00 bits per heavy atom. The van der Waals surface area contributed by atoms with Crippen molar-refractivity contribution in [3.05, 3.63) is 35.4 Å². The number of hydrogen-bond acceptors (Lipinski definition) is 3. The average molecular weight is 354 g/mol. The van der Waals surface area contributed by atoms with Gasteiger partial charge in [-0.2, -0.15) is 0 Å². The van der Waals surface area contributed by atoms with Crippen LogP contribution < -0.4 is 16.0 Å². The van der Waals surface area contributed by atoms with Crippen LogP contribution in [0.1, 0.15) is 42.1 Å². The first-order valence-electron chi connectivity index (χ1n) is 8.38. The molecule has 134 valence electrons. The smallest absolute Gasteiger partial charge is 0.251 e. The summed E-state index contributed by atoms with van der Waals surface area (Å²) in [6.07, 6.45) is 2.88. The third-order valence-electron chi connectivity index (χ3n) is 4.60. The standard InChI is InChI=1S/C18H27N3O2.ClH/c1-13(15-6-8-20-9-7-15)10-17(22)21-12-14-4-3-5-16(11-14)18(23)19-2;/h3-5,11,13,15,20H,6-10,12H2,1-2H3,(H,19,23)(H,21,22);1H. The molecule has 1 aliphatic heterocycles. The summed E-state index contributed by atoms with van der Waals surface area (Å²) in [4.78, 5) is 23.8. The van der Waals surface area contributed by atoms with Gasteiger partial charge in [0.15, 0.2) is 0 Å². The second-order valence-electron chi connectivity index (χ2n) is 6.33. The predicted molar refractivity (Wildman–Crippen MR) is 98.3 cm³/mol. The fraction of sp³-hybridized carbons (Fsp3) is 0.556. The molecule has 2 amide bonds. The summed E-state index contributed by atoms with van der Waals surface area (Å²) in [7, 11) is 1.61. The summed E-state index contributed by atoms with van der Waals surface area (Å²) in [5, 5.41) is 8.93. The van der Waals surface area contributed by atoms with Gasteiger partial charge in [0.2, 0.25) is 5.91 Å². The Morgan fingerprint density at radius 3 is 2.67 bits per heavy atom. The number of piperidine rings is 1. The first-order chi connectivity index (χ1) is 11.1. The zero-order valence-corrected chi connectivity index (χ0v) is 15.2. The minimum absolute atomic E-state index is 0. The van der Waals surface area contributed by atoms with E-state index in [2.05, 4.69) is 22.9 Å². The summed E-state index contributed by atoms with van der Waals surface area (Å²) in [6.45, 7) is 4.75. The zero-order chi connectivity index (χ0) is 16.7. The molecule has 2 rings (SSSR count). The predicted octanol–water partition coefficient (Wildman–Crippen LogP) is 2.11. The minimum Gasteiger partial charge on any atom is -0.355 e. The first kappa shape index (κ1) is 20.5. The summed E-state index contributed by atoms with van der Waals surface area (Å²) in [6, 6.07) is 7.34. The lowest BCUT2D eigenvalue weighted by Crippen LogP contribution is -2.33. The number of carbonyl (C=O) groups is 2. The van der Waals surface area contributed by atoms with Crippen LogP contribution >= 0.6 is 12.4 Å². The van der Waals surface area contributed by atoms with Crippen molar-refractivity contribution in [2.75, 3.05) is 20.1 Å². The number of amides is 2. The molecule has 1 aromatic carbocycles. The summed E-state index contributed by atoms with van der Waals surface area (Å²) < 4.78 is 0. The third kappa shape index (κ3) is 6.13. The Balaban J connectivity index is 0.00000288. The van der Waals surface area contributed by atoms with Gasteiger partial charge in [-0.1, -0.05) is 19.1 Å². The van der Waals surface area contributed by atoms with E-state index in [0.29, 0.717) is 30.4 Å². The van der Waals surface area contributed by atoms with Crippen molar-refractivity contribution < 1.29 is 9.59 Å². The highest BCUT2D eigenvalue weighted by Crippen LogP contribution is 2.24. The van der Waals surface area contributed by atoms with Gasteiger partial charge in [0.25, 0.3) is 5.91 Å². The lowest BCUT2D eigenvalue weighted by Gasteiger charge is -2.27. The van der Waals surface area contributed by atoms with E-state index < -0.39 is 0 Å². The highest BCUT2D eigenvalue weighted by molar-refractivity contribution is 5.94. The van der Waals surface area contributed by atoms with E-state index >= 15 is 0 Å². The molecule has 24 heavy (non-hydrogen) atoms. The molecule has 0 saturated carbocycles. The maximum Gasteiger partial charge on any atom is 0.251 e. The Kier molecular flexibility index (Phi) is 8.79. The van der Waals surface area contributed by atoms with Gasteiger partial charge in [-0.25, -0.2) is 0 Å². The Morgan fingerprint density at radius 1 is 1.29 bits per heavy atom. The fourth-order valence-electron chi connectivity index (χ4n) is 3.11. The molecule has 1 heterocycles. The van der Waals surface area contributed by atoms with Crippen LogP contribution in [0, 0.1) is 11.8 Å². The van der Waals surface area contributed by atoms with E-state index in [-0.39, 0.29) is 24.2 Å². The molecule has 5 nitrogen and oxygen atoms in total. The Bertz CT molecular complexity index is 545. The number of carbonyl (C=O) groups excluding carboxylic acids is 2. The van der Waals surface area contributed by atoms with E-state index in [1.807, 2.05) is 18.2 Å². The normalized spacial score (nSPS) is 15.9. The number of rotatable bonds is 6. The SMILES string of the molecule is CNC(=O)c1cccc(CNC(=O)CC(C)C2CCNCC2)c1.Cl. The van der Waals surface area contributed by atoms with Crippen LogP contribution in [0.5, 0.6) is 0 Å². The number of halogens is 1. The quantitative estimate of drug-likeness (QED) is 0.733. The van der Waals surface area contributed by atoms with Crippen LogP contribution in [0.15, 0.2) is 24.3 Å². The maximum absolute atomic E-state index is 12.1. The Hall–Kier alpha value is -1.59. The summed E-state index contributed by atoms with van der Waals surface area (Å²) >= 11 is 0. The molecule has 0 spiro atoms. The largest absolute Gasteiger partial charge is 0.355 e. The van der Waals surface area contributed by atoms with Crippen molar-refractivity contribution in [3.63, 3.8) is 0 Å². The summed E-state index contributed by atoms with van der Waals surface area (Å²) in [5.74, 6) is 1.02. The van der Waals surface area contributed by atoms with E-state index in [0.717, 1.165) is 31.5 Å². The number of nitrogens with one attached hydrogen (secondary N) is 3. The second-order valence-corrected chi connectivity index (χ2v) is 6.33. The van der Waals surface area contributed by atoms with E-state index in [9.17, 15) is 9.59 Å². The lowest BCUT2D eigenvalue weighted by atomic mass is 9.84. The topological polar surface area (TPSA) is 70.2 Å². The molecular formula is C18H28ClN3O2. The van der Waals surface area contributed by atoms with Gasteiger partial charge in [0.1, 0.15) is 0 Å². The zero-order valence-electron chi connectivity index (χ0n) is 14.4. The Labute approximate surface area is 150 Å². The van der Waals surface area contributed by atoms with Gasteiger partial charge in [-0.3, -0.25) is 9.59 Å². The maximum atomic E-state index is 12.1. The van der Waals surface area contributed by atoms with Crippen molar-refractivity contribution in [1.29, 1.82) is 0 Å². The molecule has 6 heteroatoms. The highest BCUT2D eigenvalue weighted by Gasteiger charge is 2.21. The molecule has 0 bridgehead atoms. The molecule has 1 unspecified atom stereocenters. The van der Waals surface area contributed by atoms with Gasteiger partial charge in [-0.15, -0.1) is 12.4 Å². The van der Waals surface area contributed by atoms with Crippen molar-refractivity contribution >= 4 is 24.2 Å². The monoisotopic (exact) mass is 353 g/mol. The molecule has 0 aromatic heterocycles. The number of benzene rings is 1. The van der Waals surface area contributed by atoms with Crippen molar-refractivity contribution in [2.45, 2.75) is 32.7 Å². The van der Waals surface area contributed by atoms with E-state index in [1.165, 1.54) is 0 Å². The molecule has 1 fully saturated rings. The molecule has 1 aromatic rings. The second kappa shape index (κ2) is 10.3. The van der Waals surface area contributed by atoms with E-state index in [4.69, 9.17) is 0 Å². The van der Waals surface area contributed by atoms with Gasteiger partial charge in [-0.05, 0) is 55.5 Å². The minimum atomic E-state index is -0.113. The molecule has 1 atom stereocenters. The highest BCUT2D eigenvalue weighted by atomic mass is 35.5. The van der Waals surface area contributed by atoms with Crippen LogP contribution in [0.2, 0.25) is 0 Å². The van der Waals surface area contributed by atoms with Crippen LogP contribution in [0.25, 0.3) is 0 Å². The van der Waals surface area contributed by atoms with Crippen LogP contribution in [-0.2, 0) is 11.3 Å². The van der Waals surface area contributed by atoms with Crippen LogP contribution in [0.4, 0.5) is 0 Å². The van der Waals surface area contributed by atoms with E-state index in [1.54, 1.807) is 13.1 Å². The molecule has 1 saturated heterocycles. The average Bonchev–Trinajstić information content (AvgIpc) is 2.60. The van der Waals surface area contributed by atoms with Crippen molar-refractivity contribution in [3.8, 4) is 0 Å². The summed E-state index contributed by atoms with van der Waals surface area (Å²) in [5.41, 5.74) is 1.55. The van der Waals surface area contributed by atoms with Gasteiger partial charge in [0, 0.05) is 25.6 Å².